The Morgan fingerprint density at radius 1 is 1.14 bits per heavy atom. The van der Waals surface area contributed by atoms with E-state index in [1.54, 1.807) is 41.6 Å². The number of aromatic nitrogens is 2. The van der Waals surface area contributed by atoms with Crippen molar-refractivity contribution in [1.29, 1.82) is 0 Å². The SMILES string of the molecule is C=Cc1cn(S(=O)(=O)Cc2ccccc2)c2ccnc(N3C[C@@H](C)N(C(=O)OC(C)(C)C)C[C@@H]3C)c12. The molecule has 192 valence electrons. The fourth-order valence-electron chi connectivity index (χ4n) is 4.62. The Hall–Kier alpha value is -3.33. The summed E-state index contributed by atoms with van der Waals surface area (Å²) in [4.78, 5) is 21.3. The van der Waals surface area contributed by atoms with Gasteiger partial charge in [-0.15, -0.1) is 0 Å². The average Bonchev–Trinajstić information content (AvgIpc) is 3.20. The van der Waals surface area contributed by atoms with Crippen molar-refractivity contribution >= 4 is 38.9 Å². The van der Waals surface area contributed by atoms with Gasteiger partial charge in [0.15, 0.2) is 0 Å². The van der Waals surface area contributed by atoms with Crippen LogP contribution < -0.4 is 4.90 Å². The highest BCUT2D eigenvalue weighted by molar-refractivity contribution is 7.89. The number of rotatable bonds is 5. The summed E-state index contributed by atoms with van der Waals surface area (Å²) in [6.45, 7) is 14.5. The number of amides is 1. The number of nitrogens with zero attached hydrogens (tertiary/aromatic N) is 4. The van der Waals surface area contributed by atoms with Crippen molar-refractivity contribution in [3.63, 3.8) is 0 Å². The van der Waals surface area contributed by atoms with Gasteiger partial charge < -0.3 is 14.5 Å². The first-order valence-corrected chi connectivity index (χ1v) is 13.7. The molecule has 0 spiro atoms. The number of anilines is 1. The highest BCUT2D eigenvalue weighted by Gasteiger charge is 2.36. The van der Waals surface area contributed by atoms with Crippen molar-refractivity contribution in [2.45, 2.75) is 58.1 Å². The van der Waals surface area contributed by atoms with Crippen molar-refractivity contribution in [2.24, 2.45) is 0 Å². The van der Waals surface area contributed by atoms with E-state index in [2.05, 4.69) is 16.5 Å². The zero-order chi connectivity index (χ0) is 26.3. The van der Waals surface area contributed by atoms with Crippen molar-refractivity contribution in [1.82, 2.24) is 13.9 Å². The summed E-state index contributed by atoms with van der Waals surface area (Å²) in [5, 5.41) is 0.730. The molecule has 1 aliphatic rings. The van der Waals surface area contributed by atoms with Crippen LogP contribution in [-0.2, 0) is 20.5 Å². The predicted molar refractivity (Wildman–Crippen MR) is 143 cm³/mol. The van der Waals surface area contributed by atoms with Gasteiger partial charge in [0, 0.05) is 43.1 Å². The molecule has 0 bridgehead atoms. The third-order valence-corrected chi connectivity index (χ3v) is 7.89. The maximum atomic E-state index is 13.4. The molecule has 1 saturated heterocycles. The van der Waals surface area contributed by atoms with E-state index in [4.69, 9.17) is 4.74 Å². The van der Waals surface area contributed by atoms with Crippen LogP contribution in [0.2, 0.25) is 0 Å². The Morgan fingerprint density at radius 2 is 1.83 bits per heavy atom. The van der Waals surface area contributed by atoms with E-state index < -0.39 is 15.6 Å². The Bertz CT molecular complexity index is 1380. The van der Waals surface area contributed by atoms with Crippen molar-refractivity contribution in [3.05, 3.63) is 66.5 Å². The van der Waals surface area contributed by atoms with Crippen LogP contribution in [0.3, 0.4) is 0 Å². The van der Waals surface area contributed by atoms with Gasteiger partial charge in [-0.2, -0.15) is 0 Å². The molecular weight excluding hydrogens is 476 g/mol. The summed E-state index contributed by atoms with van der Waals surface area (Å²) in [7, 11) is -3.69. The maximum Gasteiger partial charge on any atom is 0.410 e. The second-order valence-electron chi connectivity index (χ2n) is 10.3. The van der Waals surface area contributed by atoms with Crippen LogP contribution in [0.5, 0.6) is 0 Å². The van der Waals surface area contributed by atoms with Crippen LogP contribution in [-0.4, -0.2) is 59.1 Å². The summed E-state index contributed by atoms with van der Waals surface area (Å²) in [5.74, 6) is 0.563. The molecule has 4 rings (SSSR count). The van der Waals surface area contributed by atoms with Gasteiger partial charge in [0.25, 0.3) is 0 Å². The van der Waals surface area contributed by atoms with Gasteiger partial charge in [0.2, 0.25) is 10.0 Å². The number of benzene rings is 1. The lowest BCUT2D eigenvalue weighted by Gasteiger charge is -2.44. The first-order valence-electron chi connectivity index (χ1n) is 12.1. The number of carbonyl (C=O) groups is 1. The lowest BCUT2D eigenvalue weighted by Crippen LogP contribution is -2.59. The van der Waals surface area contributed by atoms with E-state index in [1.807, 2.05) is 52.8 Å². The summed E-state index contributed by atoms with van der Waals surface area (Å²) in [6.07, 6.45) is 4.58. The van der Waals surface area contributed by atoms with Gasteiger partial charge in [0.1, 0.15) is 11.4 Å². The third-order valence-electron chi connectivity index (χ3n) is 6.29. The van der Waals surface area contributed by atoms with Crippen LogP contribution in [0.25, 0.3) is 17.0 Å². The van der Waals surface area contributed by atoms with Crippen LogP contribution in [0, 0.1) is 0 Å². The van der Waals surface area contributed by atoms with Crippen molar-refractivity contribution < 1.29 is 17.9 Å². The Kier molecular flexibility index (Phi) is 6.88. The Morgan fingerprint density at radius 3 is 2.47 bits per heavy atom. The normalized spacial score (nSPS) is 18.9. The highest BCUT2D eigenvalue weighted by Crippen LogP contribution is 2.34. The van der Waals surface area contributed by atoms with Gasteiger partial charge in [0.05, 0.1) is 16.7 Å². The van der Waals surface area contributed by atoms with Gasteiger partial charge >= 0.3 is 6.09 Å². The molecule has 0 saturated carbocycles. The quantitative estimate of drug-likeness (QED) is 0.486. The molecule has 3 heterocycles. The Balaban J connectivity index is 1.70. The number of piperazine rings is 1. The molecule has 2 atom stereocenters. The molecule has 9 heteroatoms. The maximum absolute atomic E-state index is 13.4. The number of hydrogen-bond donors (Lipinski definition) is 0. The minimum atomic E-state index is -3.69. The minimum Gasteiger partial charge on any atom is -0.444 e. The van der Waals surface area contributed by atoms with Gasteiger partial charge in [-0.3, -0.25) is 0 Å². The van der Waals surface area contributed by atoms with E-state index in [-0.39, 0.29) is 23.9 Å². The third kappa shape index (κ3) is 5.11. The summed E-state index contributed by atoms with van der Waals surface area (Å²) < 4.78 is 33.8. The summed E-state index contributed by atoms with van der Waals surface area (Å²) in [5.41, 5.74) is 1.39. The topological polar surface area (TPSA) is 84.7 Å². The second-order valence-corrected chi connectivity index (χ2v) is 12.2. The molecule has 0 radical (unpaired) electrons. The van der Waals surface area contributed by atoms with E-state index in [1.165, 1.54) is 3.97 Å². The van der Waals surface area contributed by atoms with Crippen molar-refractivity contribution in [2.75, 3.05) is 18.0 Å². The highest BCUT2D eigenvalue weighted by atomic mass is 32.2. The number of fused-ring (bicyclic) bond motifs is 1. The monoisotopic (exact) mass is 510 g/mol. The van der Waals surface area contributed by atoms with Crippen LogP contribution in [0.1, 0.15) is 45.7 Å². The van der Waals surface area contributed by atoms with E-state index >= 15 is 0 Å². The minimum absolute atomic E-state index is 0.0613. The second kappa shape index (κ2) is 9.61. The molecule has 8 nitrogen and oxygen atoms in total. The fraction of sp³-hybridized carbons (Fsp3) is 0.407. The standard InChI is InChI=1S/C27H34N4O4S/c1-7-22-17-31(36(33,34)18-21-11-9-8-10-12-21)23-13-14-28-25(24(22)23)29-15-20(3)30(16-19(29)2)26(32)35-27(4,5)6/h7-14,17,19-20H,1,15-16,18H2,2-6H3/t19-,20+/m0/s1. The molecule has 0 aliphatic carbocycles. The first kappa shape index (κ1) is 25.8. The lowest BCUT2D eigenvalue weighted by atomic mass is 10.1. The molecule has 36 heavy (non-hydrogen) atoms. The van der Waals surface area contributed by atoms with E-state index in [0.717, 1.165) is 10.9 Å². The largest absolute Gasteiger partial charge is 0.444 e. The van der Waals surface area contributed by atoms with Gasteiger partial charge in [-0.25, -0.2) is 22.2 Å². The molecular formula is C27H34N4O4S. The zero-order valence-corrected chi connectivity index (χ0v) is 22.3. The molecule has 1 aromatic carbocycles. The molecule has 0 unspecified atom stereocenters. The number of carbonyl (C=O) groups excluding carboxylic acids is 1. The summed E-state index contributed by atoms with van der Waals surface area (Å²) >= 11 is 0. The molecule has 3 aromatic rings. The Labute approximate surface area is 213 Å². The number of ether oxygens (including phenoxy) is 1. The molecule has 1 fully saturated rings. The fourth-order valence-corrected chi connectivity index (χ4v) is 6.09. The number of hydrogen-bond acceptors (Lipinski definition) is 6. The molecule has 2 aromatic heterocycles. The van der Waals surface area contributed by atoms with Crippen LogP contribution >= 0.6 is 0 Å². The zero-order valence-electron chi connectivity index (χ0n) is 21.5. The predicted octanol–water partition coefficient (Wildman–Crippen LogP) is 4.89. The van der Waals surface area contributed by atoms with Crippen molar-refractivity contribution in [3.8, 4) is 0 Å². The molecule has 1 amide bonds. The lowest BCUT2D eigenvalue weighted by molar-refractivity contribution is 0.0130. The van der Waals surface area contributed by atoms with Gasteiger partial charge in [-0.05, 0) is 46.2 Å². The van der Waals surface area contributed by atoms with Crippen LogP contribution in [0.15, 0.2) is 55.4 Å². The summed E-state index contributed by atoms with van der Waals surface area (Å²) in [6, 6.07) is 10.7. The first-order chi connectivity index (χ1) is 16.9. The number of pyridine rings is 1. The molecule has 0 N–H and O–H groups in total. The van der Waals surface area contributed by atoms with Gasteiger partial charge in [-0.1, -0.05) is 43.0 Å². The van der Waals surface area contributed by atoms with E-state index in [0.29, 0.717) is 30.0 Å². The van der Waals surface area contributed by atoms with E-state index in [9.17, 15) is 13.2 Å². The molecule has 1 aliphatic heterocycles. The van der Waals surface area contributed by atoms with Crippen LogP contribution in [0.4, 0.5) is 10.6 Å². The average molecular weight is 511 g/mol. The smallest absolute Gasteiger partial charge is 0.410 e.